The number of carbonyl (C=O) groups is 3. The Morgan fingerprint density at radius 2 is 1.06 bits per heavy atom. The van der Waals surface area contributed by atoms with Crippen molar-refractivity contribution < 1.29 is 82.5 Å². The van der Waals surface area contributed by atoms with Crippen LogP contribution in [0.3, 0.4) is 0 Å². The average molecular weight is 689 g/mol. The van der Waals surface area contributed by atoms with Crippen molar-refractivity contribution in [2.45, 2.75) is 24.6 Å². The van der Waals surface area contributed by atoms with Gasteiger partial charge in [-0.3, -0.25) is 0 Å². The Balaban J connectivity index is 0.00000342. The van der Waals surface area contributed by atoms with Crippen molar-refractivity contribution in [3.63, 3.8) is 0 Å². The Morgan fingerprint density at radius 1 is 0.657 bits per heavy atom. The van der Waals surface area contributed by atoms with Gasteiger partial charge >= 0.3 is 17.9 Å². The van der Waals surface area contributed by atoms with Gasteiger partial charge in [0.1, 0.15) is 12.7 Å². The van der Waals surface area contributed by atoms with Crippen LogP contribution in [0, 0.1) is 44.1 Å². The van der Waals surface area contributed by atoms with Gasteiger partial charge in [-0.05, 0) is 36.4 Å². The maximum atomic E-state index is 12.7. The molecule has 0 bridgehead atoms. The molecule has 0 saturated carbocycles. The first-order chi connectivity index (χ1) is 16.5. The summed E-state index contributed by atoms with van der Waals surface area (Å²) >= 11 is 0. The number of hydrogen-bond donors (Lipinski definition) is 1. The molecule has 8 nitrogen and oxygen atoms in total. The van der Waals surface area contributed by atoms with Crippen molar-refractivity contribution in [3.05, 3.63) is 108 Å². The molecule has 1 aliphatic heterocycles. The molecule has 2 unspecified atom stereocenters. The van der Waals surface area contributed by atoms with E-state index in [4.69, 9.17) is 18.9 Å². The summed E-state index contributed by atoms with van der Waals surface area (Å²) in [6.45, 7) is -0.336. The Morgan fingerprint density at radius 3 is 1.51 bits per heavy atom. The second-order valence-corrected chi connectivity index (χ2v) is 7.50. The molecule has 1 radical (unpaired) electrons. The topological polar surface area (TPSA) is 108 Å². The number of esters is 3. The van der Waals surface area contributed by atoms with Crippen LogP contribution in [-0.2, 0) is 18.9 Å². The summed E-state index contributed by atoms with van der Waals surface area (Å²) in [6.07, 6.45) is -5.22. The quantitative estimate of drug-likeness (QED) is 0.298. The first-order valence-corrected chi connectivity index (χ1v) is 10.6. The number of rotatable bonds is 7. The van der Waals surface area contributed by atoms with Gasteiger partial charge in [0.2, 0.25) is 0 Å². The van der Waals surface area contributed by atoms with Crippen molar-refractivity contribution >= 4 is 17.9 Å². The summed E-state index contributed by atoms with van der Waals surface area (Å²) in [5.74, 6) is -2.05. The van der Waals surface area contributed by atoms with Crippen molar-refractivity contribution in [2.24, 2.45) is 0 Å². The smallest absolute Gasteiger partial charge is 0.338 e. The van der Waals surface area contributed by atoms with Crippen molar-refractivity contribution in [1.29, 1.82) is 0 Å². The van der Waals surface area contributed by atoms with E-state index in [1.165, 1.54) is 0 Å². The van der Waals surface area contributed by atoms with Gasteiger partial charge in [0.15, 0.2) is 18.5 Å². The molecule has 35 heavy (non-hydrogen) atoms. The molecule has 177 valence electrons. The van der Waals surface area contributed by atoms with E-state index >= 15 is 0 Å². The fourth-order valence-electron chi connectivity index (χ4n) is 3.46. The third-order valence-corrected chi connectivity index (χ3v) is 5.18. The number of benzene rings is 3. The number of carbonyl (C=O) groups excluding carboxylic acids is 3. The molecule has 0 amide bonds. The molecule has 4 atom stereocenters. The van der Waals surface area contributed by atoms with Crippen LogP contribution >= 0.6 is 0 Å². The van der Waals surface area contributed by atoms with Gasteiger partial charge in [0, 0.05) is 44.1 Å². The van der Waals surface area contributed by atoms with E-state index in [9.17, 15) is 19.5 Å². The summed E-state index contributed by atoms with van der Waals surface area (Å²) in [5.41, 5.74) is 0.838. The number of hydrogen-bond acceptors (Lipinski definition) is 8. The number of ether oxygens (including phenoxy) is 4. The van der Waals surface area contributed by atoms with Crippen molar-refractivity contribution in [3.8, 4) is 0 Å². The Bertz CT molecular complexity index is 1120. The Kier molecular flexibility index (Phi) is 9.99. The minimum atomic E-state index is -1.60. The van der Waals surface area contributed by atoms with Crippen molar-refractivity contribution in [2.75, 3.05) is 6.61 Å². The van der Waals surface area contributed by atoms with Crippen LogP contribution in [0.5, 0.6) is 0 Å². The fraction of sp³-hybridized carbons (Fsp3) is 0.192. The van der Waals surface area contributed by atoms with E-state index in [2.05, 4.69) is 0 Å². The van der Waals surface area contributed by atoms with E-state index in [1.807, 2.05) is 0 Å². The van der Waals surface area contributed by atoms with Gasteiger partial charge < -0.3 is 24.1 Å². The molecule has 1 fully saturated rings. The molecule has 1 heterocycles. The molecule has 3 aromatic carbocycles. The monoisotopic (exact) mass is 689 g/mol. The SMILES string of the molecule is O=C(OC[C@@H]1O[C@H](O)C(OC(=O)c2ccccc2)C1OC(=O)c1ccccc1)c1ccccc1.[Ac]. The third kappa shape index (κ3) is 6.99. The molecule has 0 aliphatic carbocycles. The molecule has 1 saturated heterocycles. The van der Waals surface area contributed by atoms with Gasteiger partial charge in [-0.1, -0.05) is 54.6 Å². The summed E-state index contributed by atoms with van der Waals surface area (Å²) in [4.78, 5) is 37.6. The zero-order chi connectivity index (χ0) is 23.9. The Hall–Kier alpha value is -2.57. The van der Waals surface area contributed by atoms with E-state index in [0.717, 1.165) is 0 Å². The van der Waals surface area contributed by atoms with E-state index in [0.29, 0.717) is 5.56 Å². The summed E-state index contributed by atoms with van der Waals surface area (Å²) in [5, 5.41) is 10.5. The molecule has 1 aliphatic rings. The molecular formula is C26H22AcO8. The zero-order valence-corrected chi connectivity index (χ0v) is 23.3. The second kappa shape index (κ2) is 12.9. The average Bonchev–Trinajstić information content (AvgIpc) is 3.17. The summed E-state index contributed by atoms with van der Waals surface area (Å²) in [6, 6.07) is 24.7. The van der Waals surface area contributed by atoms with Gasteiger partial charge in [-0.15, -0.1) is 0 Å². The standard InChI is InChI=1S/C26H22O8.Ac/c27-23(17-10-4-1-5-11-17)31-16-20-21(33-24(28)18-12-6-2-7-13-18)22(26(30)32-20)34-25(29)19-14-8-3-9-15-19;/h1-15,20-22,26,30H,16H2;/t20-,21?,22?,26-;/m0./s1. The van der Waals surface area contributed by atoms with E-state index < -0.39 is 42.5 Å². The molecule has 4 rings (SSSR count). The van der Waals surface area contributed by atoms with Crippen LogP contribution < -0.4 is 0 Å². The maximum Gasteiger partial charge on any atom is 0.338 e. The number of aliphatic hydroxyl groups excluding tert-OH is 1. The van der Waals surface area contributed by atoms with Gasteiger partial charge in [0.25, 0.3) is 0 Å². The Labute approximate surface area is 237 Å². The maximum absolute atomic E-state index is 12.7. The molecule has 0 spiro atoms. The first-order valence-electron chi connectivity index (χ1n) is 10.6. The van der Waals surface area contributed by atoms with Crippen LogP contribution in [0.1, 0.15) is 31.1 Å². The molecule has 3 aromatic rings. The summed E-state index contributed by atoms with van der Waals surface area (Å²) in [7, 11) is 0. The van der Waals surface area contributed by atoms with Gasteiger partial charge in [0.05, 0.1) is 16.7 Å². The number of aliphatic hydroxyl groups is 1. The largest absolute Gasteiger partial charge is 0.459 e. The van der Waals surface area contributed by atoms with E-state index in [-0.39, 0.29) is 61.8 Å². The molecule has 9 heteroatoms. The third-order valence-electron chi connectivity index (χ3n) is 5.18. The minimum absolute atomic E-state index is 0. The first kappa shape index (κ1) is 27.0. The molecule has 1 N–H and O–H groups in total. The van der Waals surface area contributed by atoms with Crippen LogP contribution in [-0.4, -0.2) is 54.2 Å². The van der Waals surface area contributed by atoms with Crippen LogP contribution in [0.4, 0.5) is 0 Å². The fourth-order valence-corrected chi connectivity index (χ4v) is 3.46. The normalized spacial score (nSPS) is 20.8. The predicted octanol–water partition coefficient (Wildman–Crippen LogP) is 3.01. The van der Waals surface area contributed by atoms with Crippen LogP contribution in [0.2, 0.25) is 0 Å². The van der Waals surface area contributed by atoms with Crippen LogP contribution in [0.25, 0.3) is 0 Å². The molecular weight excluding hydrogens is 667 g/mol. The van der Waals surface area contributed by atoms with E-state index in [1.54, 1.807) is 91.0 Å². The van der Waals surface area contributed by atoms with Crippen LogP contribution in [0.15, 0.2) is 91.0 Å². The molecule has 0 aromatic heterocycles. The van der Waals surface area contributed by atoms with Crippen molar-refractivity contribution in [1.82, 2.24) is 0 Å². The minimum Gasteiger partial charge on any atom is -0.459 e. The zero-order valence-electron chi connectivity index (χ0n) is 18.6. The van der Waals surface area contributed by atoms with Gasteiger partial charge in [-0.25, -0.2) is 14.4 Å². The second-order valence-electron chi connectivity index (χ2n) is 7.50. The van der Waals surface area contributed by atoms with Gasteiger partial charge in [-0.2, -0.15) is 0 Å². The predicted molar refractivity (Wildman–Crippen MR) is 119 cm³/mol. The summed E-state index contributed by atoms with van der Waals surface area (Å²) < 4.78 is 21.8.